The van der Waals surface area contributed by atoms with E-state index >= 15 is 0 Å². The molecule has 9 heteroatoms. The second-order valence-electron chi connectivity index (χ2n) is 9.89. The van der Waals surface area contributed by atoms with E-state index in [-0.39, 0.29) is 43.2 Å². The number of ether oxygens (including phenoxy) is 1. The lowest BCUT2D eigenvalue weighted by Crippen LogP contribution is -2.36. The minimum atomic E-state index is -0.871. The van der Waals surface area contributed by atoms with Crippen LogP contribution >= 0.6 is 11.6 Å². The number of fused-ring (bicyclic) bond motifs is 2. The van der Waals surface area contributed by atoms with Crippen molar-refractivity contribution in [1.29, 1.82) is 0 Å². The van der Waals surface area contributed by atoms with Crippen LogP contribution in [0.15, 0.2) is 64.8 Å². The highest BCUT2D eigenvalue weighted by Gasteiger charge is 2.39. The first-order valence-electron chi connectivity index (χ1n) is 12.7. The Bertz CT molecular complexity index is 1410. The standard InChI is InChI=1S/C29H26ClN3O5/c30-18-5-1-4-16(10-18)26(35)14-31-22-7-2-8-25(34)27(22)24-12-17-11-20-21(13-23(17)32-24)29(37)33(28(20)36)15-19-6-3-9-38-19/h1-2,4-5,7,10-11,13,19,26,32,35H,3,6,8-9,12,14-15H2/t19-,26+/m0/s1. The molecule has 4 aliphatic rings. The number of carbonyl (C=O) groups is 3. The van der Waals surface area contributed by atoms with Gasteiger partial charge in [0, 0.05) is 35.9 Å². The van der Waals surface area contributed by atoms with Crippen LogP contribution in [0.3, 0.4) is 0 Å². The molecule has 0 aromatic heterocycles. The van der Waals surface area contributed by atoms with Gasteiger partial charge in [-0.25, -0.2) is 0 Å². The van der Waals surface area contributed by atoms with Crippen LogP contribution < -0.4 is 5.32 Å². The Morgan fingerprint density at radius 1 is 1.16 bits per heavy atom. The number of Topliss-reactive ketones (excluding diaryl/α,β-unsaturated/α-hetero) is 1. The molecule has 0 unspecified atom stereocenters. The van der Waals surface area contributed by atoms with E-state index in [2.05, 4.69) is 10.3 Å². The summed E-state index contributed by atoms with van der Waals surface area (Å²) in [6.07, 6.45) is 4.98. The van der Waals surface area contributed by atoms with E-state index in [0.717, 1.165) is 18.4 Å². The summed E-state index contributed by atoms with van der Waals surface area (Å²) in [5.74, 6) is -0.709. The second kappa shape index (κ2) is 9.94. The maximum absolute atomic E-state index is 13.1. The van der Waals surface area contributed by atoms with Crippen molar-refractivity contribution in [3.63, 3.8) is 0 Å². The second-order valence-corrected chi connectivity index (χ2v) is 10.3. The van der Waals surface area contributed by atoms with Gasteiger partial charge in [0.1, 0.15) is 0 Å². The summed E-state index contributed by atoms with van der Waals surface area (Å²) in [6, 6.07) is 10.4. The first-order chi connectivity index (χ1) is 18.4. The molecule has 6 rings (SSSR count). The lowest BCUT2D eigenvalue weighted by molar-refractivity contribution is -0.114. The zero-order valence-corrected chi connectivity index (χ0v) is 21.3. The highest BCUT2D eigenvalue weighted by atomic mass is 35.5. The number of ketones is 1. The number of aliphatic hydroxyl groups is 1. The van der Waals surface area contributed by atoms with Crippen LogP contribution in [-0.2, 0) is 16.0 Å². The Labute approximate surface area is 224 Å². The monoisotopic (exact) mass is 531 g/mol. The summed E-state index contributed by atoms with van der Waals surface area (Å²) < 4.78 is 5.62. The molecule has 0 radical (unpaired) electrons. The Hall–Kier alpha value is -3.59. The number of imide groups is 1. The zero-order valence-electron chi connectivity index (χ0n) is 20.6. The predicted octanol–water partition coefficient (Wildman–Crippen LogP) is 4.04. The summed E-state index contributed by atoms with van der Waals surface area (Å²) in [6.45, 7) is 0.985. The van der Waals surface area contributed by atoms with Crippen LogP contribution in [0.5, 0.6) is 0 Å². The van der Waals surface area contributed by atoms with Crippen molar-refractivity contribution in [2.45, 2.75) is 37.9 Å². The van der Waals surface area contributed by atoms with Gasteiger partial charge in [0.25, 0.3) is 11.8 Å². The van der Waals surface area contributed by atoms with Gasteiger partial charge in [-0.3, -0.25) is 24.3 Å². The van der Waals surface area contributed by atoms with Crippen molar-refractivity contribution in [3.8, 4) is 0 Å². The molecule has 1 aliphatic carbocycles. The Balaban J connectivity index is 1.25. The molecule has 0 spiro atoms. The number of aliphatic imine (C=N–C) groups is 1. The number of allylic oxidation sites excluding steroid dienone is 4. The van der Waals surface area contributed by atoms with Crippen LogP contribution in [0.4, 0.5) is 5.69 Å². The fraction of sp³-hybridized carbons (Fsp3) is 0.310. The number of nitrogens with one attached hydrogen (secondary N) is 1. The van der Waals surface area contributed by atoms with Gasteiger partial charge in [0.05, 0.1) is 47.7 Å². The topological polar surface area (TPSA) is 108 Å². The number of hydrogen-bond donors (Lipinski definition) is 2. The number of aliphatic hydroxyl groups excluding tert-OH is 1. The number of halogens is 1. The number of carbonyl (C=O) groups excluding carboxylic acids is 3. The summed E-state index contributed by atoms with van der Waals surface area (Å²) in [5, 5.41) is 14.4. The van der Waals surface area contributed by atoms with Crippen LogP contribution in [0, 0.1) is 0 Å². The van der Waals surface area contributed by atoms with Gasteiger partial charge in [0.15, 0.2) is 5.78 Å². The molecule has 2 atom stereocenters. The largest absolute Gasteiger partial charge is 0.386 e. The molecule has 2 amide bonds. The van der Waals surface area contributed by atoms with Crippen LogP contribution in [0.25, 0.3) is 0 Å². The lowest BCUT2D eigenvalue weighted by atomic mass is 9.93. The van der Waals surface area contributed by atoms with Crippen LogP contribution in [-0.4, -0.2) is 59.1 Å². The molecule has 194 valence electrons. The lowest BCUT2D eigenvalue weighted by Gasteiger charge is -2.18. The normalized spacial score (nSPS) is 24.3. The third kappa shape index (κ3) is 4.49. The van der Waals surface area contributed by atoms with E-state index in [1.54, 1.807) is 48.6 Å². The van der Waals surface area contributed by atoms with E-state index in [0.29, 0.717) is 57.4 Å². The molecule has 0 saturated carbocycles. The van der Waals surface area contributed by atoms with Gasteiger partial charge in [0.2, 0.25) is 0 Å². The quantitative estimate of drug-likeness (QED) is 0.445. The van der Waals surface area contributed by atoms with Crippen molar-refractivity contribution in [3.05, 3.63) is 87.1 Å². The van der Waals surface area contributed by atoms with Crippen molar-refractivity contribution in [2.75, 3.05) is 25.0 Å². The van der Waals surface area contributed by atoms with Gasteiger partial charge in [-0.1, -0.05) is 29.8 Å². The maximum Gasteiger partial charge on any atom is 0.261 e. The van der Waals surface area contributed by atoms with Gasteiger partial charge in [-0.15, -0.1) is 0 Å². The fourth-order valence-corrected chi connectivity index (χ4v) is 5.61. The van der Waals surface area contributed by atoms with Crippen molar-refractivity contribution < 1.29 is 24.2 Å². The van der Waals surface area contributed by atoms with E-state index in [1.165, 1.54) is 4.90 Å². The van der Waals surface area contributed by atoms with Gasteiger partial charge >= 0.3 is 0 Å². The molecular weight excluding hydrogens is 506 g/mol. The van der Waals surface area contributed by atoms with Gasteiger partial charge in [-0.2, -0.15) is 0 Å². The first-order valence-corrected chi connectivity index (χ1v) is 13.1. The van der Waals surface area contributed by atoms with E-state index < -0.39 is 6.10 Å². The first kappa shape index (κ1) is 24.7. The molecule has 2 aromatic rings. The molecule has 1 fully saturated rings. The molecule has 2 aromatic carbocycles. The van der Waals surface area contributed by atoms with E-state index in [4.69, 9.17) is 16.3 Å². The summed E-state index contributed by atoms with van der Waals surface area (Å²) in [4.78, 5) is 45.0. The van der Waals surface area contributed by atoms with Gasteiger partial charge in [-0.05, 0) is 54.3 Å². The maximum atomic E-state index is 13.1. The number of rotatable bonds is 5. The summed E-state index contributed by atoms with van der Waals surface area (Å²) in [5.41, 5.74) is 4.54. The molecule has 3 heterocycles. The molecule has 38 heavy (non-hydrogen) atoms. The number of amides is 2. The Morgan fingerprint density at radius 3 is 2.74 bits per heavy atom. The smallest absolute Gasteiger partial charge is 0.261 e. The van der Waals surface area contributed by atoms with Crippen molar-refractivity contribution in [1.82, 2.24) is 4.90 Å². The summed E-state index contributed by atoms with van der Waals surface area (Å²) in [7, 11) is 0. The molecule has 2 N–H and O–H groups in total. The summed E-state index contributed by atoms with van der Waals surface area (Å²) >= 11 is 6.04. The highest BCUT2D eigenvalue weighted by molar-refractivity contribution is 6.30. The van der Waals surface area contributed by atoms with E-state index in [1.807, 2.05) is 0 Å². The SMILES string of the molecule is O=C1CC=CC(=NC[C@@H](O)c2cccc(Cl)c2)C1=C1Cc2cc3c(cc2N1)C(=O)N(C[C@@H]1CCCO1)C3=O. The number of nitrogens with zero attached hydrogens (tertiary/aromatic N) is 2. The van der Waals surface area contributed by atoms with Crippen LogP contribution in [0.2, 0.25) is 5.02 Å². The fourth-order valence-electron chi connectivity index (χ4n) is 5.41. The van der Waals surface area contributed by atoms with Crippen molar-refractivity contribution >= 4 is 40.6 Å². The number of hydrogen-bond acceptors (Lipinski definition) is 7. The zero-order chi connectivity index (χ0) is 26.4. The predicted molar refractivity (Wildman–Crippen MR) is 143 cm³/mol. The Kier molecular flexibility index (Phi) is 6.47. The Morgan fingerprint density at radius 2 is 1.97 bits per heavy atom. The average molecular weight is 532 g/mol. The molecule has 1 saturated heterocycles. The van der Waals surface area contributed by atoms with Crippen molar-refractivity contribution in [2.24, 2.45) is 4.99 Å². The minimum absolute atomic E-state index is 0.0644. The number of benzene rings is 2. The average Bonchev–Trinajstić information content (AvgIpc) is 3.62. The third-order valence-electron chi connectivity index (χ3n) is 7.34. The van der Waals surface area contributed by atoms with E-state index in [9.17, 15) is 19.5 Å². The molecule has 8 nitrogen and oxygen atoms in total. The third-order valence-corrected chi connectivity index (χ3v) is 7.58. The highest BCUT2D eigenvalue weighted by Crippen LogP contribution is 2.37. The minimum Gasteiger partial charge on any atom is -0.386 e. The molecular formula is C29H26ClN3O5. The van der Waals surface area contributed by atoms with Crippen LogP contribution in [0.1, 0.15) is 57.2 Å². The molecule has 3 aliphatic heterocycles. The number of anilines is 1. The van der Waals surface area contributed by atoms with Gasteiger partial charge < -0.3 is 15.2 Å². The molecule has 0 bridgehead atoms.